The van der Waals surface area contributed by atoms with E-state index in [0.29, 0.717) is 16.3 Å². The van der Waals surface area contributed by atoms with Crippen LogP contribution in [0, 0.1) is 5.41 Å². The van der Waals surface area contributed by atoms with Gasteiger partial charge in [-0.15, -0.1) is 0 Å². The van der Waals surface area contributed by atoms with Crippen molar-refractivity contribution >= 4 is 17.5 Å². The number of carbonyl (C=O) groups excluding carboxylic acids is 1. The van der Waals surface area contributed by atoms with Gasteiger partial charge in [0.05, 0.1) is 19.8 Å². The molecule has 0 radical (unpaired) electrons. The Morgan fingerprint density at radius 3 is 2.56 bits per heavy atom. The number of nitrogens with one attached hydrogen (secondary N) is 1. The highest BCUT2D eigenvalue weighted by Gasteiger charge is 2.59. The number of hydrogen-bond donors (Lipinski definition) is 1. The Hall–Kier alpha value is -2.20. The van der Waals surface area contributed by atoms with Crippen molar-refractivity contribution in [3.8, 4) is 11.5 Å². The average Bonchev–Trinajstić information content (AvgIpc) is 3.14. The van der Waals surface area contributed by atoms with Gasteiger partial charge in [-0.1, -0.05) is 37.6 Å². The molecule has 0 aromatic heterocycles. The molecule has 5 heteroatoms. The normalized spacial score (nSPS) is 20.7. The summed E-state index contributed by atoms with van der Waals surface area (Å²) >= 11 is 6.03. The van der Waals surface area contributed by atoms with Gasteiger partial charge in [0.15, 0.2) is 0 Å². The summed E-state index contributed by atoms with van der Waals surface area (Å²) in [5, 5.41) is 3.63. The summed E-state index contributed by atoms with van der Waals surface area (Å²) < 4.78 is 10.6. The zero-order valence-corrected chi connectivity index (χ0v) is 15.6. The number of halogens is 1. The predicted molar refractivity (Wildman–Crippen MR) is 98.8 cm³/mol. The Labute approximate surface area is 153 Å². The van der Waals surface area contributed by atoms with E-state index in [1.54, 1.807) is 32.4 Å². The molecule has 1 aliphatic rings. The second kappa shape index (κ2) is 6.60. The maximum Gasteiger partial charge on any atom is 0.255 e. The fourth-order valence-corrected chi connectivity index (χ4v) is 3.61. The molecule has 1 N–H and O–H groups in total. The van der Waals surface area contributed by atoms with Crippen molar-refractivity contribution < 1.29 is 14.3 Å². The summed E-state index contributed by atoms with van der Waals surface area (Å²) in [5.74, 6) is 1.39. The number of rotatable bonds is 5. The van der Waals surface area contributed by atoms with E-state index in [-0.39, 0.29) is 23.3 Å². The first kappa shape index (κ1) is 17.6. The molecule has 4 nitrogen and oxygen atoms in total. The fraction of sp³-hybridized carbons (Fsp3) is 0.350. The summed E-state index contributed by atoms with van der Waals surface area (Å²) in [6.07, 6.45) is 0. The third kappa shape index (κ3) is 3.31. The SMILES string of the molecule is COc1cccc(C2C(NC(=O)c3cc(Cl)ccc3OC)C2(C)C)c1. The second-order valence-corrected chi connectivity index (χ2v) is 7.31. The lowest BCUT2D eigenvalue weighted by atomic mass is 10.0. The van der Waals surface area contributed by atoms with Crippen molar-refractivity contribution in [2.24, 2.45) is 5.41 Å². The average molecular weight is 360 g/mol. The summed E-state index contributed by atoms with van der Waals surface area (Å²) in [5.41, 5.74) is 1.57. The van der Waals surface area contributed by atoms with Crippen molar-refractivity contribution in [3.63, 3.8) is 0 Å². The van der Waals surface area contributed by atoms with Crippen LogP contribution in [0.15, 0.2) is 42.5 Å². The molecule has 0 saturated heterocycles. The van der Waals surface area contributed by atoms with Gasteiger partial charge in [0.1, 0.15) is 11.5 Å². The van der Waals surface area contributed by atoms with Crippen LogP contribution in [0.1, 0.15) is 35.7 Å². The monoisotopic (exact) mass is 359 g/mol. The maximum absolute atomic E-state index is 12.7. The highest BCUT2D eigenvalue weighted by Crippen LogP contribution is 2.59. The quantitative estimate of drug-likeness (QED) is 0.866. The van der Waals surface area contributed by atoms with E-state index in [4.69, 9.17) is 21.1 Å². The number of methoxy groups -OCH3 is 2. The van der Waals surface area contributed by atoms with Crippen LogP contribution in [0.25, 0.3) is 0 Å². The van der Waals surface area contributed by atoms with Crippen LogP contribution in [0.2, 0.25) is 5.02 Å². The minimum atomic E-state index is -0.178. The molecule has 2 aromatic rings. The molecule has 0 spiro atoms. The lowest BCUT2D eigenvalue weighted by Gasteiger charge is -2.10. The molecule has 0 heterocycles. The van der Waals surface area contributed by atoms with Crippen molar-refractivity contribution in [2.75, 3.05) is 14.2 Å². The van der Waals surface area contributed by atoms with Gasteiger partial charge in [0, 0.05) is 17.0 Å². The predicted octanol–water partition coefficient (Wildman–Crippen LogP) is 4.28. The maximum atomic E-state index is 12.7. The summed E-state index contributed by atoms with van der Waals surface area (Å²) in [6.45, 7) is 4.30. The lowest BCUT2D eigenvalue weighted by Crippen LogP contribution is -2.29. The van der Waals surface area contributed by atoms with E-state index >= 15 is 0 Å². The van der Waals surface area contributed by atoms with Crippen LogP contribution >= 0.6 is 11.6 Å². The Kier molecular flexibility index (Phi) is 4.65. The van der Waals surface area contributed by atoms with Gasteiger partial charge in [-0.25, -0.2) is 0 Å². The molecule has 0 aliphatic heterocycles. The van der Waals surface area contributed by atoms with Gasteiger partial charge >= 0.3 is 0 Å². The molecule has 2 atom stereocenters. The zero-order chi connectivity index (χ0) is 18.2. The third-order valence-electron chi connectivity index (χ3n) is 4.97. The third-order valence-corrected chi connectivity index (χ3v) is 5.21. The largest absolute Gasteiger partial charge is 0.497 e. The van der Waals surface area contributed by atoms with Gasteiger partial charge < -0.3 is 14.8 Å². The Morgan fingerprint density at radius 2 is 1.88 bits per heavy atom. The number of benzene rings is 2. The van der Waals surface area contributed by atoms with E-state index in [1.165, 1.54) is 0 Å². The molecule has 1 saturated carbocycles. The molecule has 0 bridgehead atoms. The summed E-state index contributed by atoms with van der Waals surface area (Å²) in [6, 6.07) is 13.1. The molecule has 3 rings (SSSR count). The standard InChI is InChI=1S/C20H22ClNO3/c1-20(2)17(12-6-5-7-14(10-12)24-3)18(20)22-19(23)15-11-13(21)8-9-16(15)25-4/h5-11,17-18H,1-4H3,(H,22,23). The van der Waals surface area contributed by atoms with Gasteiger partial charge in [0.2, 0.25) is 0 Å². The first-order valence-corrected chi connectivity index (χ1v) is 8.54. The summed E-state index contributed by atoms with van der Waals surface area (Å²) in [4.78, 5) is 12.7. The van der Waals surface area contributed by atoms with Crippen LogP contribution in [0.5, 0.6) is 11.5 Å². The van der Waals surface area contributed by atoms with Crippen molar-refractivity contribution in [2.45, 2.75) is 25.8 Å². The van der Waals surface area contributed by atoms with E-state index in [9.17, 15) is 4.79 Å². The first-order valence-electron chi connectivity index (χ1n) is 8.17. The van der Waals surface area contributed by atoms with Gasteiger partial charge in [-0.2, -0.15) is 0 Å². The highest BCUT2D eigenvalue weighted by molar-refractivity contribution is 6.31. The molecule has 1 fully saturated rings. The van der Waals surface area contributed by atoms with Crippen LogP contribution < -0.4 is 14.8 Å². The second-order valence-electron chi connectivity index (χ2n) is 6.87. The van der Waals surface area contributed by atoms with Crippen LogP contribution in [0.3, 0.4) is 0 Å². The van der Waals surface area contributed by atoms with Crippen molar-refractivity contribution in [3.05, 3.63) is 58.6 Å². The minimum absolute atomic E-state index is 0.0339. The molecule has 1 aliphatic carbocycles. The molecule has 2 unspecified atom stereocenters. The Balaban J connectivity index is 1.81. The Morgan fingerprint density at radius 1 is 1.12 bits per heavy atom. The van der Waals surface area contributed by atoms with Crippen molar-refractivity contribution in [1.82, 2.24) is 5.32 Å². The zero-order valence-electron chi connectivity index (χ0n) is 14.8. The number of amides is 1. The van der Waals surface area contributed by atoms with Crippen molar-refractivity contribution in [1.29, 1.82) is 0 Å². The van der Waals surface area contributed by atoms with Gasteiger partial charge in [0.25, 0.3) is 5.91 Å². The topological polar surface area (TPSA) is 47.6 Å². The van der Waals surface area contributed by atoms with E-state index < -0.39 is 0 Å². The molecule has 25 heavy (non-hydrogen) atoms. The molecule has 132 valence electrons. The molecule has 2 aromatic carbocycles. The van der Waals surface area contributed by atoms with E-state index in [0.717, 1.165) is 11.3 Å². The number of carbonyl (C=O) groups is 1. The highest BCUT2D eigenvalue weighted by atomic mass is 35.5. The molecule has 1 amide bonds. The lowest BCUT2D eigenvalue weighted by molar-refractivity contribution is 0.0943. The fourth-order valence-electron chi connectivity index (χ4n) is 3.44. The van der Waals surface area contributed by atoms with Crippen LogP contribution in [0.4, 0.5) is 0 Å². The summed E-state index contributed by atoms with van der Waals surface area (Å²) in [7, 11) is 3.20. The minimum Gasteiger partial charge on any atom is -0.497 e. The molecular weight excluding hydrogens is 338 g/mol. The van der Waals surface area contributed by atoms with Gasteiger partial charge in [-0.05, 0) is 41.3 Å². The van der Waals surface area contributed by atoms with E-state index in [2.05, 4.69) is 25.2 Å². The van der Waals surface area contributed by atoms with Gasteiger partial charge in [-0.3, -0.25) is 4.79 Å². The van der Waals surface area contributed by atoms with E-state index in [1.807, 2.05) is 18.2 Å². The smallest absolute Gasteiger partial charge is 0.255 e. The number of ether oxygens (including phenoxy) is 2. The Bertz CT molecular complexity index is 803. The van der Waals surface area contributed by atoms with Crippen LogP contribution in [-0.2, 0) is 0 Å². The first-order chi connectivity index (χ1) is 11.9. The number of hydrogen-bond acceptors (Lipinski definition) is 3. The molecular formula is C20H22ClNO3. The van der Waals surface area contributed by atoms with Crippen LogP contribution in [-0.4, -0.2) is 26.2 Å².